The first-order valence-corrected chi connectivity index (χ1v) is 7.27. The number of rotatable bonds is 2. The van der Waals surface area contributed by atoms with Crippen LogP contribution in [0.25, 0.3) is 0 Å². The smallest absolute Gasteiger partial charge is 0.255 e. The Bertz CT molecular complexity index is 546. The fourth-order valence-corrected chi connectivity index (χ4v) is 2.80. The number of halogens is 2. The minimum Gasteiger partial charge on any atom is -0.411 e. The van der Waals surface area contributed by atoms with Gasteiger partial charge >= 0.3 is 0 Å². The van der Waals surface area contributed by atoms with E-state index >= 15 is 0 Å². The van der Waals surface area contributed by atoms with E-state index in [1.165, 1.54) is 0 Å². The zero-order valence-electron chi connectivity index (χ0n) is 11.1. The zero-order chi connectivity index (χ0) is 14.7. The van der Waals surface area contributed by atoms with E-state index in [9.17, 15) is 4.79 Å². The van der Waals surface area contributed by atoms with Crippen molar-refractivity contribution in [2.24, 2.45) is 11.1 Å². The van der Waals surface area contributed by atoms with Crippen LogP contribution in [0.4, 0.5) is 0 Å². The molecule has 0 bridgehead atoms. The number of nitrogens with zero attached hydrogens (tertiary/aromatic N) is 2. The third-order valence-corrected chi connectivity index (χ3v) is 4.18. The molecule has 1 heterocycles. The fourth-order valence-electron chi connectivity index (χ4n) is 2.43. The lowest BCUT2D eigenvalue weighted by atomic mass is 9.93. The Labute approximate surface area is 128 Å². The summed E-state index contributed by atoms with van der Waals surface area (Å²) >= 11 is 12.0. The number of carbonyl (C=O) groups excluding carboxylic acids is 1. The highest BCUT2D eigenvalue weighted by molar-refractivity contribution is 6.35. The van der Waals surface area contributed by atoms with Crippen LogP contribution in [0.1, 0.15) is 30.1 Å². The van der Waals surface area contributed by atoms with E-state index in [2.05, 4.69) is 5.16 Å². The third kappa shape index (κ3) is 3.07. The second kappa shape index (κ2) is 6.46. The number of hydrogen-bond donors (Lipinski definition) is 1. The van der Waals surface area contributed by atoms with Gasteiger partial charge in [0.15, 0.2) is 0 Å². The first-order chi connectivity index (χ1) is 9.56. The molecular formula is C14H16Cl2N2O2. The Kier molecular flexibility index (Phi) is 4.89. The average molecular weight is 315 g/mol. The van der Waals surface area contributed by atoms with Crippen LogP contribution < -0.4 is 0 Å². The zero-order valence-corrected chi connectivity index (χ0v) is 12.7. The molecule has 1 amide bonds. The summed E-state index contributed by atoms with van der Waals surface area (Å²) in [6.45, 7) is 3.07. The quantitative estimate of drug-likeness (QED) is 0.668. The van der Waals surface area contributed by atoms with E-state index in [-0.39, 0.29) is 11.8 Å². The fraction of sp³-hybridized carbons (Fsp3) is 0.429. The summed E-state index contributed by atoms with van der Waals surface area (Å²) < 4.78 is 0. The molecule has 0 radical (unpaired) electrons. The predicted molar refractivity (Wildman–Crippen MR) is 80.0 cm³/mol. The summed E-state index contributed by atoms with van der Waals surface area (Å²) in [5.41, 5.74) is 1.17. The van der Waals surface area contributed by atoms with Gasteiger partial charge in [0.2, 0.25) is 0 Å². The molecule has 2 rings (SSSR count). The van der Waals surface area contributed by atoms with Gasteiger partial charge in [-0.15, -0.1) is 0 Å². The maximum Gasteiger partial charge on any atom is 0.255 e. The first-order valence-electron chi connectivity index (χ1n) is 6.52. The second-order valence-corrected chi connectivity index (χ2v) is 5.67. The van der Waals surface area contributed by atoms with Gasteiger partial charge < -0.3 is 10.1 Å². The van der Waals surface area contributed by atoms with Gasteiger partial charge in [0, 0.05) is 30.5 Å². The van der Waals surface area contributed by atoms with Crippen molar-refractivity contribution in [3.8, 4) is 0 Å². The molecule has 1 aliphatic rings. The van der Waals surface area contributed by atoms with Crippen LogP contribution in [-0.2, 0) is 0 Å². The standard InChI is InChI=1S/C14H16Cl2N2O2/c1-2-9-8-18(6-5-13(9)17-20)14(19)11-7-10(15)3-4-12(11)16/h3-4,7,9,20H,2,5-6,8H2,1H3/b17-13+. The molecular weight excluding hydrogens is 299 g/mol. The van der Waals surface area contributed by atoms with Crippen LogP contribution in [0.5, 0.6) is 0 Å². The second-order valence-electron chi connectivity index (χ2n) is 4.82. The van der Waals surface area contributed by atoms with E-state index in [0.29, 0.717) is 35.1 Å². The maximum atomic E-state index is 12.5. The van der Waals surface area contributed by atoms with Gasteiger partial charge in [-0.3, -0.25) is 4.79 Å². The monoisotopic (exact) mass is 314 g/mol. The third-order valence-electron chi connectivity index (χ3n) is 3.62. The Morgan fingerprint density at radius 3 is 2.90 bits per heavy atom. The van der Waals surface area contributed by atoms with E-state index < -0.39 is 0 Å². The van der Waals surface area contributed by atoms with Gasteiger partial charge in [-0.2, -0.15) is 0 Å². The molecule has 6 heteroatoms. The Balaban J connectivity index is 2.20. The van der Waals surface area contributed by atoms with E-state index in [1.807, 2.05) is 6.92 Å². The van der Waals surface area contributed by atoms with E-state index in [1.54, 1.807) is 23.1 Å². The maximum absolute atomic E-state index is 12.5. The molecule has 20 heavy (non-hydrogen) atoms. The number of hydrogen-bond acceptors (Lipinski definition) is 3. The number of piperidine rings is 1. The molecule has 1 aromatic carbocycles. The summed E-state index contributed by atoms with van der Waals surface area (Å²) in [6.07, 6.45) is 1.41. The highest BCUT2D eigenvalue weighted by Gasteiger charge is 2.29. The van der Waals surface area contributed by atoms with Gasteiger partial charge in [0.05, 0.1) is 16.3 Å². The van der Waals surface area contributed by atoms with Crippen LogP contribution in [0.2, 0.25) is 10.0 Å². The molecule has 0 saturated carbocycles. The minimum absolute atomic E-state index is 0.0932. The summed E-state index contributed by atoms with van der Waals surface area (Å²) in [4.78, 5) is 14.2. The molecule has 1 aliphatic heterocycles. The van der Waals surface area contributed by atoms with Crippen molar-refractivity contribution in [1.29, 1.82) is 0 Å². The normalized spacial score (nSPS) is 21.2. The lowest BCUT2D eigenvalue weighted by molar-refractivity contribution is 0.0729. The average Bonchev–Trinajstić information content (AvgIpc) is 2.48. The van der Waals surface area contributed by atoms with Crippen molar-refractivity contribution in [2.75, 3.05) is 13.1 Å². The van der Waals surface area contributed by atoms with E-state index in [4.69, 9.17) is 28.4 Å². The van der Waals surface area contributed by atoms with Crippen LogP contribution in [0.15, 0.2) is 23.4 Å². The highest BCUT2D eigenvalue weighted by Crippen LogP contribution is 2.25. The SMILES string of the molecule is CCC1CN(C(=O)c2cc(Cl)ccc2Cl)CC/C1=N\O. The lowest BCUT2D eigenvalue weighted by Gasteiger charge is -2.33. The van der Waals surface area contributed by atoms with Crippen LogP contribution in [0, 0.1) is 5.92 Å². The van der Waals surface area contributed by atoms with Crippen LogP contribution in [-0.4, -0.2) is 34.8 Å². The first kappa shape index (κ1) is 15.1. The molecule has 1 atom stereocenters. The Morgan fingerprint density at radius 1 is 1.50 bits per heavy atom. The van der Waals surface area contributed by atoms with Crippen molar-refractivity contribution in [1.82, 2.24) is 4.90 Å². The largest absolute Gasteiger partial charge is 0.411 e. The molecule has 1 saturated heterocycles. The molecule has 1 N–H and O–H groups in total. The number of oxime groups is 1. The summed E-state index contributed by atoms with van der Waals surface area (Å²) in [6, 6.07) is 4.87. The molecule has 108 valence electrons. The van der Waals surface area contributed by atoms with E-state index in [0.717, 1.165) is 12.1 Å². The summed E-state index contributed by atoms with van der Waals surface area (Å²) in [5, 5.41) is 13.2. The minimum atomic E-state index is -0.132. The van der Waals surface area contributed by atoms with Crippen LogP contribution in [0.3, 0.4) is 0 Å². The van der Waals surface area contributed by atoms with Gasteiger partial charge in [-0.1, -0.05) is 35.3 Å². The van der Waals surface area contributed by atoms with Gasteiger partial charge in [-0.25, -0.2) is 0 Å². The van der Waals surface area contributed by atoms with Gasteiger partial charge in [-0.05, 0) is 24.6 Å². The lowest BCUT2D eigenvalue weighted by Crippen LogP contribution is -2.44. The van der Waals surface area contributed by atoms with Gasteiger partial charge in [0.1, 0.15) is 0 Å². The summed E-state index contributed by atoms with van der Waals surface area (Å²) in [5.74, 6) is -0.0383. The predicted octanol–water partition coefficient (Wildman–Crippen LogP) is 3.70. The topological polar surface area (TPSA) is 52.9 Å². The molecule has 1 unspecified atom stereocenters. The van der Waals surface area contributed by atoms with Crippen molar-refractivity contribution >= 4 is 34.8 Å². The van der Waals surface area contributed by atoms with Crippen molar-refractivity contribution in [3.63, 3.8) is 0 Å². The number of benzene rings is 1. The molecule has 4 nitrogen and oxygen atoms in total. The molecule has 1 aromatic rings. The van der Waals surface area contributed by atoms with Crippen molar-refractivity contribution in [2.45, 2.75) is 19.8 Å². The van der Waals surface area contributed by atoms with Crippen molar-refractivity contribution in [3.05, 3.63) is 33.8 Å². The number of amides is 1. The van der Waals surface area contributed by atoms with Gasteiger partial charge in [0.25, 0.3) is 5.91 Å². The molecule has 0 spiro atoms. The highest BCUT2D eigenvalue weighted by atomic mass is 35.5. The molecule has 0 aliphatic carbocycles. The van der Waals surface area contributed by atoms with Crippen LogP contribution >= 0.6 is 23.2 Å². The Morgan fingerprint density at radius 2 is 2.25 bits per heavy atom. The molecule has 1 fully saturated rings. The number of likely N-dealkylation sites (tertiary alicyclic amines) is 1. The van der Waals surface area contributed by atoms with Crippen molar-refractivity contribution < 1.29 is 10.0 Å². The molecule has 0 aromatic heterocycles. The Hall–Kier alpha value is -1.26. The summed E-state index contributed by atoms with van der Waals surface area (Å²) in [7, 11) is 0. The number of carbonyl (C=O) groups is 1.